The molecule has 1 fully saturated rings. The Kier molecular flexibility index (Phi) is 4.86. The lowest BCUT2D eigenvalue weighted by molar-refractivity contribution is 0.0365. The highest BCUT2D eigenvalue weighted by Gasteiger charge is 2.17. The molecule has 4 rings (SSSR count). The van der Waals surface area contributed by atoms with Crippen molar-refractivity contribution in [1.82, 2.24) is 19.7 Å². The highest BCUT2D eigenvalue weighted by molar-refractivity contribution is 5.62. The summed E-state index contributed by atoms with van der Waals surface area (Å²) in [7, 11) is 0. The molecule has 1 aromatic heterocycles. The first-order chi connectivity index (χ1) is 12.4. The van der Waals surface area contributed by atoms with E-state index in [9.17, 15) is 0 Å². The molecular formula is C20H22N4O. The van der Waals surface area contributed by atoms with Crippen LogP contribution in [-0.4, -0.2) is 52.5 Å². The van der Waals surface area contributed by atoms with Crippen molar-refractivity contribution in [3.05, 3.63) is 60.7 Å². The number of hydrogen-bond acceptors (Lipinski definition) is 4. The van der Waals surface area contributed by atoms with Gasteiger partial charge in [0.05, 0.1) is 13.2 Å². The van der Waals surface area contributed by atoms with E-state index in [0.717, 1.165) is 62.2 Å². The number of aromatic nitrogens is 3. The van der Waals surface area contributed by atoms with Gasteiger partial charge in [-0.15, -0.1) is 10.2 Å². The second-order valence-corrected chi connectivity index (χ2v) is 6.18. The molecule has 5 nitrogen and oxygen atoms in total. The largest absolute Gasteiger partial charge is 0.379 e. The summed E-state index contributed by atoms with van der Waals surface area (Å²) in [4.78, 5) is 2.44. The average Bonchev–Trinajstić information content (AvgIpc) is 3.12. The fourth-order valence-electron chi connectivity index (χ4n) is 3.18. The summed E-state index contributed by atoms with van der Waals surface area (Å²) < 4.78 is 7.69. The molecule has 0 unspecified atom stereocenters. The molecule has 25 heavy (non-hydrogen) atoms. The van der Waals surface area contributed by atoms with Gasteiger partial charge in [0.2, 0.25) is 0 Å². The van der Waals surface area contributed by atoms with Gasteiger partial charge in [-0.2, -0.15) is 0 Å². The minimum atomic E-state index is 0.819. The standard InChI is InChI=1S/C20H22N4O/c1-3-7-17(8-4-1)19-21-22-20(18-9-5-2-6-10-18)24(19)12-11-23-13-15-25-16-14-23/h1-10H,11-16H2. The molecule has 0 bridgehead atoms. The van der Waals surface area contributed by atoms with Crippen LogP contribution in [0.25, 0.3) is 22.8 Å². The summed E-state index contributed by atoms with van der Waals surface area (Å²) in [5.41, 5.74) is 2.19. The van der Waals surface area contributed by atoms with Crippen molar-refractivity contribution < 1.29 is 4.74 Å². The topological polar surface area (TPSA) is 43.2 Å². The molecule has 2 aromatic carbocycles. The molecule has 3 aromatic rings. The number of ether oxygens (including phenoxy) is 1. The molecule has 1 saturated heterocycles. The second-order valence-electron chi connectivity index (χ2n) is 6.18. The summed E-state index contributed by atoms with van der Waals surface area (Å²) in [6.45, 7) is 5.45. The van der Waals surface area contributed by atoms with Crippen molar-refractivity contribution in [1.29, 1.82) is 0 Å². The van der Waals surface area contributed by atoms with Crippen LogP contribution in [-0.2, 0) is 11.3 Å². The third kappa shape index (κ3) is 3.62. The van der Waals surface area contributed by atoms with E-state index in [2.05, 4.69) is 43.9 Å². The average molecular weight is 334 g/mol. The Bertz CT molecular complexity index is 738. The highest BCUT2D eigenvalue weighted by atomic mass is 16.5. The van der Waals surface area contributed by atoms with Gasteiger partial charge in [0.15, 0.2) is 11.6 Å². The van der Waals surface area contributed by atoms with Gasteiger partial charge in [0, 0.05) is 37.3 Å². The van der Waals surface area contributed by atoms with Crippen LogP contribution in [0, 0.1) is 0 Å². The SMILES string of the molecule is c1ccc(-c2nnc(-c3ccccc3)n2CCN2CCOCC2)cc1. The summed E-state index contributed by atoms with van der Waals surface area (Å²) in [5.74, 6) is 1.85. The first kappa shape index (κ1) is 16.0. The number of benzene rings is 2. The summed E-state index contributed by atoms with van der Waals surface area (Å²) >= 11 is 0. The van der Waals surface area contributed by atoms with Crippen LogP contribution in [0.3, 0.4) is 0 Å². The van der Waals surface area contributed by atoms with Gasteiger partial charge < -0.3 is 9.30 Å². The summed E-state index contributed by atoms with van der Waals surface area (Å²) in [6, 6.07) is 20.6. The zero-order valence-electron chi connectivity index (χ0n) is 14.2. The molecule has 1 aliphatic heterocycles. The first-order valence-corrected chi connectivity index (χ1v) is 8.76. The van der Waals surface area contributed by atoms with Crippen molar-refractivity contribution in [2.75, 3.05) is 32.8 Å². The van der Waals surface area contributed by atoms with E-state index in [-0.39, 0.29) is 0 Å². The molecule has 0 amide bonds. The number of rotatable bonds is 5. The zero-order chi connectivity index (χ0) is 16.9. The van der Waals surface area contributed by atoms with Crippen molar-refractivity contribution in [2.24, 2.45) is 0 Å². The Hall–Kier alpha value is -2.50. The van der Waals surface area contributed by atoms with Gasteiger partial charge in [0.1, 0.15) is 0 Å². The quantitative estimate of drug-likeness (QED) is 0.719. The lowest BCUT2D eigenvalue weighted by Gasteiger charge is -2.27. The normalized spacial score (nSPS) is 15.4. The second kappa shape index (κ2) is 7.59. The van der Waals surface area contributed by atoms with Crippen molar-refractivity contribution in [3.8, 4) is 22.8 Å². The predicted molar refractivity (Wildman–Crippen MR) is 98.2 cm³/mol. The van der Waals surface area contributed by atoms with Gasteiger partial charge in [0.25, 0.3) is 0 Å². The molecule has 0 aliphatic carbocycles. The van der Waals surface area contributed by atoms with Crippen molar-refractivity contribution >= 4 is 0 Å². The predicted octanol–water partition coefficient (Wildman–Crippen LogP) is 2.94. The minimum Gasteiger partial charge on any atom is -0.379 e. The van der Waals surface area contributed by atoms with Gasteiger partial charge in [-0.05, 0) is 0 Å². The van der Waals surface area contributed by atoms with Crippen LogP contribution in [0.4, 0.5) is 0 Å². The van der Waals surface area contributed by atoms with E-state index in [1.54, 1.807) is 0 Å². The van der Waals surface area contributed by atoms with E-state index in [4.69, 9.17) is 4.74 Å². The zero-order valence-corrected chi connectivity index (χ0v) is 14.2. The molecule has 1 aliphatic rings. The maximum atomic E-state index is 5.45. The molecule has 0 N–H and O–H groups in total. The third-order valence-corrected chi connectivity index (χ3v) is 4.56. The smallest absolute Gasteiger partial charge is 0.164 e. The summed E-state index contributed by atoms with van der Waals surface area (Å²) in [6.07, 6.45) is 0. The molecule has 0 atom stereocenters. The Morgan fingerprint density at radius 3 is 1.76 bits per heavy atom. The van der Waals surface area contributed by atoms with Crippen LogP contribution in [0.1, 0.15) is 0 Å². The van der Waals surface area contributed by atoms with Gasteiger partial charge in [-0.1, -0.05) is 60.7 Å². The van der Waals surface area contributed by atoms with Crippen molar-refractivity contribution in [2.45, 2.75) is 6.54 Å². The molecule has 0 spiro atoms. The van der Waals surface area contributed by atoms with Gasteiger partial charge in [-0.25, -0.2) is 0 Å². The Balaban J connectivity index is 1.66. The van der Waals surface area contributed by atoms with Crippen LogP contribution in [0.5, 0.6) is 0 Å². The lowest BCUT2D eigenvalue weighted by Crippen LogP contribution is -2.38. The van der Waals surface area contributed by atoms with E-state index in [1.807, 2.05) is 36.4 Å². The summed E-state index contributed by atoms with van der Waals surface area (Å²) in [5, 5.41) is 8.99. The van der Waals surface area contributed by atoms with E-state index >= 15 is 0 Å². The third-order valence-electron chi connectivity index (χ3n) is 4.56. The lowest BCUT2D eigenvalue weighted by atomic mass is 10.2. The molecular weight excluding hydrogens is 312 g/mol. The van der Waals surface area contributed by atoms with Gasteiger partial charge in [-0.3, -0.25) is 4.90 Å². The van der Waals surface area contributed by atoms with E-state index in [1.165, 1.54) is 0 Å². The fraction of sp³-hybridized carbons (Fsp3) is 0.300. The van der Waals surface area contributed by atoms with E-state index in [0.29, 0.717) is 0 Å². The molecule has 2 heterocycles. The Labute approximate surface area is 147 Å². The van der Waals surface area contributed by atoms with E-state index < -0.39 is 0 Å². The molecule has 0 radical (unpaired) electrons. The van der Waals surface area contributed by atoms with Crippen LogP contribution in [0.2, 0.25) is 0 Å². The number of nitrogens with zero attached hydrogens (tertiary/aromatic N) is 4. The van der Waals surface area contributed by atoms with Crippen molar-refractivity contribution in [3.63, 3.8) is 0 Å². The monoisotopic (exact) mass is 334 g/mol. The number of morpholine rings is 1. The van der Waals surface area contributed by atoms with Crippen LogP contribution < -0.4 is 0 Å². The minimum absolute atomic E-state index is 0.819. The molecule has 5 heteroatoms. The van der Waals surface area contributed by atoms with Crippen LogP contribution in [0.15, 0.2) is 60.7 Å². The first-order valence-electron chi connectivity index (χ1n) is 8.76. The van der Waals surface area contributed by atoms with Crippen LogP contribution >= 0.6 is 0 Å². The maximum absolute atomic E-state index is 5.45. The molecule has 128 valence electrons. The molecule has 0 saturated carbocycles. The Morgan fingerprint density at radius 2 is 1.24 bits per heavy atom. The number of hydrogen-bond donors (Lipinski definition) is 0. The van der Waals surface area contributed by atoms with Gasteiger partial charge >= 0.3 is 0 Å². The highest BCUT2D eigenvalue weighted by Crippen LogP contribution is 2.24. The maximum Gasteiger partial charge on any atom is 0.164 e. The Morgan fingerprint density at radius 1 is 0.720 bits per heavy atom. The fourth-order valence-corrected chi connectivity index (χ4v) is 3.18.